The molecule has 2 amide bonds. The molecule has 1 aliphatic carbocycles. The highest BCUT2D eigenvalue weighted by molar-refractivity contribution is 6.02. The van der Waals surface area contributed by atoms with Crippen LogP contribution in [0.15, 0.2) is 58.2 Å². The van der Waals surface area contributed by atoms with Gasteiger partial charge in [-0.3, -0.25) is 4.79 Å². The standard InChI is InChI=1S/C26H34N4O4/c1-15(2)11-16(3)30(25(32)33-26(5,6)7)34-22-13-21-20(12-18(22)14-27)19-9-10-28-17(4)23(19)24(31)29(21)8/h9-10,12-13,15-16,21,28H,11H2,1-8H3/t16-,21?/m1/s1. The summed E-state index contributed by atoms with van der Waals surface area (Å²) in [6, 6.07) is 1.45. The third kappa shape index (κ3) is 5.04. The first-order valence-corrected chi connectivity index (χ1v) is 11.5. The molecule has 0 bridgehead atoms. The van der Waals surface area contributed by atoms with Crippen LogP contribution < -0.4 is 5.32 Å². The Morgan fingerprint density at radius 1 is 1.32 bits per heavy atom. The second kappa shape index (κ2) is 9.41. The van der Waals surface area contributed by atoms with Crippen LogP contribution in [0, 0.1) is 17.2 Å². The molecule has 0 spiro atoms. The van der Waals surface area contributed by atoms with E-state index >= 15 is 0 Å². The Morgan fingerprint density at radius 2 is 2.00 bits per heavy atom. The highest BCUT2D eigenvalue weighted by atomic mass is 16.7. The first-order chi connectivity index (χ1) is 15.8. The largest absolute Gasteiger partial charge is 0.443 e. The van der Waals surface area contributed by atoms with Crippen LogP contribution in [-0.2, 0) is 14.4 Å². The number of carbonyl (C=O) groups excluding carboxylic acids is 2. The fourth-order valence-corrected chi connectivity index (χ4v) is 4.28. The Bertz CT molecular complexity index is 1080. The van der Waals surface area contributed by atoms with E-state index in [0.29, 0.717) is 17.9 Å². The number of amides is 2. The van der Waals surface area contributed by atoms with E-state index in [-0.39, 0.29) is 23.3 Å². The summed E-state index contributed by atoms with van der Waals surface area (Å²) in [5, 5.41) is 14.2. The van der Waals surface area contributed by atoms with Crippen LogP contribution in [0.4, 0.5) is 4.79 Å². The molecule has 0 saturated carbocycles. The SMILES string of the molecule is CC1=C2C(=O)N(C)C3C=C(ON(C(=O)OC(C)(C)C)[C@H](C)CC(C)C)C(C#N)=CC3=C2C=CN1. The summed E-state index contributed by atoms with van der Waals surface area (Å²) in [5.74, 6) is 0.410. The maximum Gasteiger partial charge on any atom is 0.443 e. The van der Waals surface area contributed by atoms with Gasteiger partial charge in [0.25, 0.3) is 5.91 Å². The summed E-state index contributed by atoms with van der Waals surface area (Å²) in [6.45, 7) is 13.2. The highest BCUT2D eigenvalue weighted by Gasteiger charge is 2.39. The number of nitrogens with zero attached hydrogens (tertiary/aromatic N) is 3. The van der Waals surface area contributed by atoms with Crippen molar-refractivity contribution in [3.05, 3.63) is 58.2 Å². The number of allylic oxidation sites excluding steroid dienone is 3. The van der Waals surface area contributed by atoms with E-state index in [1.807, 2.05) is 19.9 Å². The van der Waals surface area contributed by atoms with E-state index in [2.05, 4.69) is 25.2 Å². The molecule has 2 heterocycles. The van der Waals surface area contributed by atoms with Crippen LogP contribution in [0.2, 0.25) is 0 Å². The molecule has 8 nitrogen and oxygen atoms in total. The molecule has 2 atom stereocenters. The van der Waals surface area contributed by atoms with Crippen molar-refractivity contribution in [2.75, 3.05) is 7.05 Å². The topological polar surface area (TPSA) is 94.9 Å². The van der Waals surface area contributed by atoms with Gasteiger partial charge in [0.15, 0.2) is 5.76 Å². The van der Waals surface area contributed by atoms with E-state index in [1.54, 1.807) is 51.1 Å². The van der Waals surface area contributed by atoms with Gasteiger partial charge in [-0.25, -0.2) is 4.79 Å². The molecule has 8 heteroatoms. The Morgan fingerprint density at radius 3 is 2.59 bits per heavy atom. The van der Waals surface area contributed by atoms with Crippen LogP contribution in [0.3, 0.4) is 0 Å². The number of nitriles is 1. The molecule has 3 aliphatic rings. The summed E-state index contributed by atoms with van der Waals surface area (Å²) in [4.78, 5) is 33.8. The fraction of sp³-hybridized carbons (Fsp3) is 0.500. The van der Waals surface area contributed by atoms with Crippen LogP contribution in [0.25, 0.3) is 0 Å². The molecular formula is C26H34N4O4. The van der Waals surface area contributed by atoms with Crippen molar-refractivity contribution in [1.82, 2.24) is 15.3 Å². The second-order valence-corrected chi connectivity index (χ2v) is 10.3. The molecule has 182 valence electrons. The van der Waals surface area contributed by atoms with E-state index in [4.69, 9.17) is 9.57 Å². The predicted molar refractivity (Wildman–Crippen MR) is 128 cm³/mol. The summed E-state index contributed by atoms with van der Waals surface area (Å²) in [5.41, 5.74) is 2.53. The fourth-order valence-electron chi connectivity index (χ4n) is 4.28. The molecule has 0 fully saturated rings. The quantitative estimate of drug-likeness (QED) is 0.601. The summed E-state index contributed by atoms with van der Waals surface area (Å²) in [7, 11) is 1.72. The first-order valence-electron chi connectivity index (χ1n) is 11.5. The molecule has 0 aromatic rings. The van der Waals surface area contributed by atoms with Crippen LogP contribution in [0.5, 0.6) is 0 Å². The lowest BCUT2D eigenvalue weighted by Crippen LogP contribution is -2.46. The molecule has 3 rings (SSSR count). The number of carbonyl (C=O) groups is 2. The number of hydrogen-bond donors (Lipinski definition) is 1. The average molecular weight is 467 g/mol. The minimum Gasteiger partial charge on any atom is -0.442 e. The zero-order chi connectivity index (χ0) is 25.4. The number of likely N-dealkylation sites (N-methyl/N-ethyl adjacent to an activating group) is 1. The van der Waals surface area contributed by atoms with Gasteiger partial charge in [-0.05, 0) is 76.3 Å². The number of fused-ring (bicyclic) bond motifs is 2. The Balaban J connectivity index is 2.03. The monoisotopic (exact) mass is 466 g/mol. The van der Waals surface area contributed by atoms with Gasteiger partial charge in [-0.15, -0.1) is 5.06 Å². The Labute approximate surface area is 201 Å². The normalized spacial score (nSPS) is 20.6. The van der Waals surface area contributed by atoms with Crippen LogP contribution >= 0.6 is 0 Å². The van der Waals surface area contributed by atoms with Gasteiger partial charge in [0.1, 0.15) is 11.7 Å². The lowest BCUT2D eigenvalue weighted by Gasteiger charge is -2.39. The van der Waals surface area contributed by atoms with Crippen molar-refractivity contribution >= 4 is 12.0 Å². The van der Waals surface area contributed by atoms with E-state index in [0.717, 1.165) is 16.8 Å². The highest BCUT2D eigenvalue weighted by Crippen LogP contribution is 2.38. The van der Waals surface area contributed by atoms with Gasteiger partial charge >= 0.3 is 6.09 Å². The average Bonchev–Trinajstić information content (AvgIpc) is 2.73. The molecule has 0 aromatic heterocycles. The molecule has 2 aliphatic heterocycles. The third-order valence-electron chi connectivity index (χ3n) is 5.75. The van der Waals surface area contributed by atoms with E-state index in [9.17, 15) is 14.9 Å². The van der Waals surface area contributed by atoms with Crippen LogP contribution in [0.1, 0.15) is 54.9 Å². The summed E-state index contributed by atoms with van der Waals surface area (Å²) in [6.07, 6.45) is 7.14. The number of nitrogens with one attached hydrogen (secondary N) is 1. The minimum absolute atomic E-state index is 0.125. The van der Waals surface area contributed by atoms with E-state index < -0.39 is 17.7 Å². The molecule has 0 aromatic carbocycles. The van der Waals surface area contributed by atoms with Crippen LogP contribution in [-0.4, -0.2) is 46.7 Å². The number of hydrogen-bond acceptors (Lipinski definition) is 6. The predicted octanol–water partition coefficient (Wildman–Crippen LogP) is 4.47. The van der Waals surface area contributed by atoms with Gasteiger partial charge in [-0.1, -0.05) is 13.8 Å². The van der Waals surface area contributed by atoms with Crippen molar-refractivity contribution < 1.29 is 19.2 Å². The number of rotatable bonds is 5. The summed E-state index contributed by atoms with van der Waals surface area (Å²) >= 11 is 0. The van der Waals surface area contributed by atoms with Crippen molar-refractivity contribution in [2.45, 2.75) is 72.6 Å². The van der Waals surface area contributed by atoms with Gasteiger partial charge in [0.2, 0.25) is 0 Å². The van der Waals surface area contributed by atoms with Crippen molar-refractivity contribution in [3.63, 3.8) is 0 Å². The first kappa shape index (κ1) is 25.2. The molecule has 0 saturated heterocycles. The molecule has 0 radical (unpaired) electrons. The van der Waals surface area contributed by atoms with E-state index in [1.165, 1.54) is 5.06 Å². The second-order valence-electron chi connectivity index (χ2n) is 10.3. The van der Waals surface area contributed by atoms with Gasteiger partial charge in [0, 0.05) is 18.9 Å². The number of ether oxygens (including phenoxy) is 1. The lowest BCUT2D eigenvalue weighted by atomic mass is 9.83. The zero-order valence-corrected chi connectivity index (χ0v) is 21.2. The molecule has 1 unspecified atom stereocenters. The molecule has 34 heavy (non-hydrogen) atoms. The number of hydroxylamine groups is 2. The van der Waals surface area contributed by atoms with Crippen molar-refractivity contribution in [2.24, 2.45) is 5.92 Å². The van der Waals surface area contributed by atoms with Gasteiger partial charge < -0.3 is 19.8 Å². The maximum atomic E-state index is 13.1. The molecular weight excluding hydrogens is 432 g/mol. The Kier molecular flexibility index (Phi) is 6.97. The van der Waals surface area contributed by atoms with Crippen molar-refractivity contribution in [3.8, 4) is 6.07 Å². The van der Waals surface area contributed by atoms with Crippen molar-refractivity contribution in [1.29, 1.82) is 5.26 Å². The zero-order valence-electron chi connectivity index (χ0n) is 21.2. The van der Waals surface area contributed by atoms with Gasteiger partial charge in [-0.2, -0.15) is 5.26 Å². The van der Waals surface area contributed by atoms with Gasteiger partial charge in [0.05, 0.1) is 23.2 Å². The third-order valence-corrected chi connectivity index (χ3v) is 5.75. The summed E-state index contributed by atoms with van der Waals surface area (Å²) < 4.78 is 5.58. The number of dihydropyridines is 1. The maximum absolute atomic E-state index is 13.1. The smallest absolute Gasteiger partial charge is 0.442 e. The Hall–Kier alpha value is -3.47. The minimum atomic E-state index is -0.708. The lowest BCUT2D eigenvalue weighted by molar-refractivity contribution is -0.137. The molecule has 1 N–H and O–H groups in total.